The van der Waals surface area contributed by atoms with Gasteiger partial charge >= 0.3 is 5.97 Å². The Hall–Kier alpha value is -2.73. The molecule has 0 radical (unpaired) electrons. The van der Waals surface area contributed by atoms with Crippen LogP contribution in [0, 0.1) is 0 Å². The molecule has 6 heteroatoms. The lowest BCUT2D eigenvalue weighted by Crippen LogP contribution is -2.34. The first-order chi connectivity index (χ1) is 13.6. The van der Waals surface area contributed by atoms with E-state index in [2.05, 4.69) is 0 Å². The van der Waals surface area contributed by atoms with Crippen LogP contribution in [0.1, 0.15) is 31.9 Å². The molecule has 2 aromatic rings. The molecule has 1 unspecified atom stereocenters. The van der Waals surface area contributed by atoms with Crippen LogP contribution in [0.5, 0.6) is 17.2 Å². The number of carbonyl (C=O) groups excluding carboxylic acids is 1. The van der Waals surface area contributed by atoms with Crippen LogP contribution in [0.15, 0.2) is 42.5 Å². The van der Waals surface area contributed by atoms with Gasteiger partial charge in [0.25, 0.3) is 0 Å². The van der Waals surface area contributed by atoms with E-state index in [0.717, 1.165) is 16.9 Å². The Morgan fingerprint density at radius 1 is 0.893 bits per heavy atom. The first-order valence-electron chi connectivity index (χ1n) is 9.59. The smallest absolute Gasteiger partial charge is 0.323 e. The number of benzene rings is 2. The highest BCUT2D eigenvalue weighted by Gasteiger charge is 2.15. The average molecular weight is 387 g/mol. The van der Waals surface area contributed by atoms with Crippen molar-refractivity contribution in [3.05, 3.63) is 53.6 Å². The molecule has 0 fully saturated rings. The Kier molecular flexibility index (Phi) is 8.62. The van der Waals surface area contributed by atoms with E-state index in [9.17, 15) is 4.79 Å². The van der Waals surface area contributed by atoms with Gasteiger partial charge in [0.15, 0.2) is 11.5 Å². The van der Waals surface area contributed by atoms with Crippen LogP contribution in [0.3, 0.4) is 0 Å². The lowest BCUT2D eigenvalue weighted by molar-refractivity contribution is -0.144. The summed E-state index contributed by atoms with van der Waals surface area (Å²) in [5, 5.41) is 0. The molecular weight excluding hydrogens is 358 g/mol. The predicted molar refractivity (Wildman–Crippen MR) is 108 cm³/mol. The molecule has 6 nitrogen and oxygen atoms in total. The summed E-state index contributed by atoms with van der Waals surface area (Å²) in [6.07, 6.45) is 0.396. The molecule has 0 saturated heterocycles. The van der Waals surface area contributed by atoms with Gasteiger partial charge in [-0.15, -0.1) is 0 Å². The van der Waals surface area contributed by atoms with Crippen molar-refractivity contribution < 1.29 is 23.7 Å². The van der Waals surface area contributed by atoms with E-state index in [1.54, 1.807) is 6.92 Å². The van der Waals surface area contributed by atoms with Gasteiger partial charge in [-0.05, 0) is 62.6 Å². The van der Waals surface area contributed by atoms with E-state index in [-0.39, 0.29) is 0 Å². The molecule has 0 amide bonds. The molecule has 2 aromatic carbocycles. The number of hydrogen-bond donors (Lipinski definition) is 1. The maximum Gasteiger partial charge on any atom is 0.323 e. The lowest BCUT2D eigenvalue weighted by Gasteiger charge is -2.14. The highest BCUT2D eigenvalue weighted by atomic mass is 16.5. The maximum absolute atomic E-state index is 11.7. The number of esters is 1. The minimum Gasteiger partial charge on any atom is -0.490 e. The fourth-order valence-corrected chi connectivity index (χ4v) is 2.70. The molecule has 0 saturated carbocycles. The van der Waals surface area contributed by atoms with Gasteiger partial charge in [0.05, 0.1) is 19.8 Å². The first-order valence-corrected chi connectivity index (χ1v) is 9.59. The fourth-order valence-electron chi connectivity index (χ4n) is 2.70. The Morgan fingerprint density at radius 3 is 2.36 bits per heavy atom. The van der Waals surface area contributed by atoms with Gasteiger partial charge in [-0.2, -0.15) is 0 Å². The Labute approximate surface area is 166 Å². The Morgan fingerprint density at radius 2 is 1.64 bits per heavy atom. The summed E-state index contributed by atoms with van der Waals surface area (Å²) in [5.41, 5.74) is 7.78. The molecule has 1 atom stereocenters. The van der Waals surface area contributed by atoms with Crippen LogP contribution in [0.25, 0.3) is 0 Å². The zero-order valence-corrected chi connectivity index (χ0v) is 16.8. The van der Waals surface area contributed by atoms with Crippen molar-refractivity contribution in [2.45, 2.75) is 39.8 Å². The van der Waals surface area contributed by atoms with Gasteiger partial charge in [-0.1, -0.05) is 18.2 Å². The van der Waals surface area contributed by atoms with Crippen molar-refractivity contribution in [1.82, 2.24) is 0 Å². The summed E-state index contributed by atoms with van der Waals surface area (Å²) in [6, 6.07) is 12.6. The van der Waals surface area contributed by atoms with E-state index in [1.165, 1.54) is 0 Å². The van der Waals surface area contributed by atoms with Crippen LogP contribution in [-0.4, -0.2) is 31.8 Å². The first kappa shape index (κ1) is 21.6. The molecule has 0 bridgehead atoms. The molecule has 0 aliphatic heterocycles. The predicted octanol–water partition coefficient (Wildman–Crippen LogP) is 3.50. The number of carbonyl (C=O) groups is 1. The molecule has 0 aliphatic carbocycles. The van der Waals surface area contributed by atoms with Crippen molar-refractivity contribution >= 4 is 5.97 Å². The summed E-state index contributed by atoms with van der Waals surface area (Å²) in [5.74, 6) is 1.75. The average Bonchev–Trinajstić information content (AvgIpc) is 2.69. The molecular formula is C22H29NO5. The fraction of sp³-hybridized carbons (Fsp3) is 0.409. The van der Waals surface area contributed by atoms with E-state index in [1.807, 2.05) is 56.3 Å². The van der Waals surface area contributed by atoms with Crippen molar-refractivity contribution in [3.63, 3.8) is 0 Å². The quantitative estimate of drug-likeness (QED) is 0.595. The molecule has 152 valence electrons. The molecule has 2 rings (SSSR count). The summed E-state index contributed by atoms with van der Waals surface area (Å²) in [4.78, 5) is 11.7. The van der Waals surface area contributed by atoms with Gasteiger partial charge in [0.1, 0.15) is 18.4 Å². The van der Waals surface area contributed by atoms with E-state index in [4.69, 9.17) is 24.7 Å². The Bertz CT molecular complexity index is 762. The normalized spacial score (nSPS) is 11.6. The summed E-state index contributed by atoms with van der Waals surface area (Å²) < 4.78 is 22.1. The van der Waals surface area contributed by atoms with Crippen molar-refractivity contribution in [2.24, 2.45) is 5.73 Å². The number of nitrogens with two attached hydrogens (primary N) is 1. The SMILES string of the molecule is CCOC(=O)C(N)Cc1cccc(OCc2ccc(OCC)c(OCC)c2)c1. The minimum absolute atomic E-state index is 0.321. The monoisotopic (exact) mass is 387 g/mol. The standard InChI is InChI=1S/C22H29NO5/c1-4-25-20-11-10-17(14-21(20)26-5-2)15-28-18-9-7-8-16(12-18)13-19(23)22(24)27-6-3/h7-12,14,19H,4-6,13,15,23H2,1-3H3. The van der Waals surface area contributed by atoms with Crippen LogP contribution in [-0.2, 0) is 22.6 Å². The zero-order chi connectivity index (χ0) is 20.4. The third kappa shape index (κ3) is 6.46. The minimum atomic E-state index is -0.685. The highest BCUT2D eigenvalue weighted by Crippen LogP contribution is 2.29. The summed E-state index contributed by atoms with van der Waals surface area (Å²) >= 11 is 0. The third-order valence-corrected chi connectivity index (χ3v) is 3.96. The second kappa shape index (κ2) is 11.2. The third-order valence-electron chi connectivity index (χ3n) is 3.96. The van der Waals surface area contributed by atoms with Crippen LogP contribution in [0.4, 0.5) is 0 Å². The zero-order valence-electron chi connectivity index (χ0n) is 16.8. The highest BCUT2D eigenvalue weighted by molar-refractivity contribution is 5.75. The van der Waals surface area contributed by atoms with E-state index >= 15 is 0 Å². The second-order valence-corrected chi connectivity index (χ2v) is 6.15. The summed E-state index contributed by atoms with van der Waals surface area (Å²) in [6.45, 7) is 7.49. The number of rotatable bonds is 11. The topological polar surface area (TPSA) is 80.0 Å². The summed E-state index contributed by atoms with van der Waals surface area (Å²) in [7, 11) is 0. The molecule has 0 aromatic heterocycles. The van der Waals surface area contributed by atoms with E-state index in [0.29, 0.717) is 44.3 Å². The molecule has 0 heterocycles. The van der Waals surface area contributed by atoms with Gasteiger partial charge in [-0.3, -0.25) is 4.79 Å². The second-order valence-electron chi connectivity index (χ2n) is 6.15. The van der Waals surface area contributed by atoms with Gasteiger partial charge in [-0.25, -0.2) is 0 Å². The van der Waals surface area contributed by atoms with Gasteiger partial charge < -0.3 is 24.7 Å². The van der Waals surface area contributed by atoms with Crippen molar-refractivity contribution in [3.8, 4) is 17.2 Å². The molecule has 28 heavy (non-hydrogen) atoms. The number of hydrogen-bond acceptors (Lipinski definition) is 6. The largest absolute Gasteiger partial charge is 0.490 e. The van der Waals surface area contributed by atoms with Gasteiger partial charge in [0.2, 0.25) is 0 Å². The Balaban J connectivity index is 2.01. The van der Waals surface area contributed by atoms with Gasteiger partial charge in [0, 0.05) is 0 Å². The lowest BCUT2D eigenvalue weighted by atomic mass is 10.1. The number of ether oxygens (including phenoxy) is 4. The van der Waals surface area contributed by atoms with Crippen LogP contribution < -0.4 is 19.9 Å². The molecule has 0 aliphatic rings. The van der Waals surface area contributed by atoms with Crippen LogP contribution in [0.2, 0.25) is 0 Å². The van der Waals surface area contributed by atoms with Crippen molar-refractivity contribution in [1.29, 1.82) is 0 Å². The maximum atomic E-state index is 11.7. The van der Waals surface area contributed by atoms with Crippen molar-refractivity contribution in [2.75, 3.05) is 19.8 Å². The molecule has 2 N–H and O–H groups in total. The van der Waals surface area contributed by atoms with Crippen LogP contribution >= 0.6 is 0 Å². The molecule has 0 spiro atoms. The van der Waals surface area contributed by atoms with E-state index < -0.39 is 12.0 Å².